The second kappa shape index (κ2) is 2.62. The zero-order valence-electron chi connectivity index (χ0n) is 4.18. The van der Waals surface area contributed by atoms with Crippen molar-refractivity contribution in [2.24, 2.45) is 16.6 Å². The topological polar surface area (TPSA) is 128 Å². The molecule has 54 valence electrons. The van der Waals surface area contributed by atoms with E-state index in [2.05, 4.69) is 20.5 Å². The Hall–Kier alpha value is -0.851. The summed E-state index contributed by atoms with van der Waals surface area (Å²) in [6, 6.07) is 0. The van der Waals surface area contributed by atoms with Gasteiger partial charge in [0.25, 0.3) is 0 Å². The molecule has 0 heterocycles. The van der Waals surface area contributed by atoms with Crippen molar-refractivity contribution >= 4 is 19.3 Å². The van der Waals surface area contributed by atoms with E-state index in [9.17, 15) is 7.67 Å². The number of nitrogens with two attached hydrogens (primary N) is 2. The second-order valence-corrected chi connectivity index (χ2v) is 3.13. The summed E-state index contributed by atoms with van der Waals surface area (Å²) in [4.78, 5) is 0. The molecule has 0 aromatic carbocycles. The Bertz CT molecular complexity index is 200. The molecule has 0 bridgehead atoms. The van der Waals surface area contributed by atoms with Crippen LogP contribution >= 0.6 is 0 Å². The third kappa shape index (κ3) is 7.15. The molecule has 8 heteroatoms. The summed E-state index contributed by atoms with van der Waals surface area (Å²) in [5, 5.41) is 2.56. The summed E-state index contributed by atoms with van der Waals surface area (Å²) in [6.45, 7) is 0. The number of guanidine groups is 1. The Morgan fingerprint density at radius 2 is 2.00 bits per heavy atom. The van der Waals surface area contributed by atoms with Crippen LogP contribution in [0.25, 0.3) is 0 Å². The zero-order valence-corrected chi connectivity index (χ0v) is 5.90. The fourth-order valence-electron chi connectivity index (χ4n) is 0.0901. The second-order valence-electron chi connectivity index (χ2n) is 1.02. The van der Waals surface area contributed by atoms with Crippen LogP contribution in [0.4, 0.5) is 0 Å². The Morgan fingerprint density at radius 3 is 2.11 bits per heavy atom. The van der Waals surface area contributed by atoms with E-state index < -0.39 is 19.3 Å². The van der Waals surface area contributed by atoms with Gasteiger partial charge in [0.15, 0.2) is 0 Å². The summed E-state index contributed by atoms with van der Waals surface area (Å²) in [6.07, 6.45) is 0. The zero-order chi connectivity index (χ0) is 7.49. The molecule has 0 saturated carbocycles. The Balaban J connectivity index is 3.95. The van der Waals surface area contributed by atoms with E-state index in [1.807, 2.05) is 0 Å². The Kier molecular flexibility index (Phi) is 2.38. The van der Waals surface area contributed by atoms with Gasteiger partial charge in [0.1, 0.15) is 0 Å². The summed E-state index contributed by atoms with van der Waals surface area (Å²) in [5.41, 5.74) is 9.28. The van der Waals surface area contributed by atoms with Gasteiger partial charge in [-0.2, -0.15) is 0 Å². The number of rotatable bonds is 2. The van der Waals surface area contributed by atoms with Gasteiger partial charge in [-0.3, -0.25) is 0 Å². The third-order valence-electron chi connectivity index (χ3n) is 0.237. The molecule has 0 saturated heterocycles. The molecule has 0 atom stereocenters. The van der Waals surface area contributed by atoms with E-state index in [1.165, 1.54) is 0 Å². The molecule has 0 aliphatic heterocycles. The van der Waals surface area contributed by atoms with Gasteiger partial charge in [0.05, 0.1) is 0 Å². The van der Waals surface area contributed by atoms with Crippen LogP contribution in [-0.4, -0.2) is 23.5 Å². The SMILES string of the molecule is NC(N)=NO[Se](=O)(=O)O. The molecule has 0 fully saturated rings. The van der Waals surface area contributed by atoms with E-state index in [0.29, 0.717) is 0 Å². The van der Waals surface area contributed by atoms with Crippen molar-refractivity contribution in [1.29, 1.82) is 0 Å². The maximum absolute atomic E-state index is 9.72. The van der Waals surface area contributed by atoms with Crippen molar-refractivity contribution in [2.75, 3.05) is 0 Å². The molecule has 0 amide bonds. The molecular weight excluding hydrogens is 197 g/mol. The first-order valence-electron chi connectivity index (χ1n) is 1.67. The van der Waals surface area contributed by atoms with Gasteiger partial charge < -0.3 is 0 Å². The van der Waals surface area contributed by atoms with E-state index in [0.717, 1.165) is 0 Å². The fourth-order valence-corrected chi connectivity index (χ4v) is 0.468. The normalized spacial score (nSPS) is 10.3. The average Bonchev–Trinajstić information content (AvgIpc) is 1.59. The molecule has 0 aliphatic carbocycles. The Labute approximate surface area is 52.5 Å². The Morgan fingerprint density at radius 1 is 1.56 bits per heavy atom. The molecule has 5 N–H and O–H groups in total. The van der Waals surface area contributed by atoms with Crippen LogP contribution < -0.4 is 11.5 Å². The maximum atomic E-state index is 9.72. The van der Waals surface area contributed by atoms with Gasteiger partial charge >= 0.3 is 51.7 Å². The predicted octanol–water partition coefficient (Wildman–Crippen LogP) is -2.52. The monoisotopic (exact) mass is 203 g/mol. The molecule has 0 aliphatic rings. The number of hydrogen-bond acceptors (Lipinski definition) is 4. The van der Waals surface area contributed by atoms with Gasteiger partial charge in [0.2, 0.25) is 0 Å². The average molecular weight is 202 g/mol. The van der Waals surface area contributed by atoms with Crippen molar-refractivity contribution in [2.45, 2.75) is 0 Å². The van der Waals surface area contributed by atoms with Crippen LogP contribution in [0.1, 0.15) is 0 Å². The molecule has 9 heavy (non-hydrogen) atoms. The minimum absolute atomic E-state index is 0.572. The molecule has 7 nitrogen and oxygen atoms in total. The van der Waals surface area contributed by atoms with Crippen molar-refractivity contribution < 1.29 is 15.8 Å². The van der Waals surface area contributed by atoms with Gasteiger partial charge in [-0.15, -0.1) is 0 Å². The van der Waals surface area contributed by atoms with Gasteiger partial charge in [0, 0.05) is 0 Å². The van der Waals surface area contributed by atoms with Crippen molar-refractivity contribution in [1.82, 2.24) is 0 Å². The van der Waals surface area contributed by atoms with Gasteiger partial charge in [-0.25, -0.2) is 0 Å². The summed E-state index contributed by atoms with van der Waals surface area (Å²) in [7, 11) is 0. The fraction of sp³-hybridized carbons (Fsp3) is 0. The molecule has 0 radical (unpaired) electrons. The summed E-state index contributed by atoms with van der Waals surface area (Å²) >= 11 is -5.22. The molecule has 0 unspecified atom stereocenters. The first-order valence-corrected chi connectivity index (χ1v) is 4.53. The van der Waals surface area contributed by atoms with Crippen LogP contribution in [0.5, 0.6) is 0 Å². The van der Waals surface area contributed by atoms with E-state index in [1.54, 1.807) is 0 Å². The molecule has 0 aromatic rings. The van der Waals surface area contributed by atoms with Crippen LogP contribution in [0, 0.1) is 0 Å². The first kappa shape index (κ1) is 8.15. The van der Waals surface area contributed by atoms with Crippen LogP contribution in [0.2, 0.25) is 0 Å². The standard InChI is InChI=1S/CH5N3O4Se/c2-1(3)4-8-9(5,6)7/h(H4,2,3,4)(H,5,6,7). The quantitative estimate of drug-likeness (QED) is 0.196. The minimum atomic E-state index is -5.22. The van der Waals surface area contributed by atoms with Crippen molar-refractivity contribution in [3.05, 3.63) is 0 Å². The first-order chi connectivity index (χ1) is 3.92. The van der Waals surface area contributed by atoms with Crippen molar-refractivity contribution in [3.63, 3.8) is 0 Å². The van der Waals surface area contributed by atoms with E-state index >= 15 is 0 Å². The molecule has 0 spiro atoms. The van der Waals surface area contributed by atoms with E-state index in [4.69, 9.17) is 4.19 Å². The number of oxime groups is 1. The van der Waals surface area contributed by atoms with Gasteiger partial charge in [-0.1, -0.05) is 0 Å². The van der Waals surface area contributed by atoms with Crippen molar-refractivity contribution in [3.8, 4) is 0 Å². The van der Waals surface area contributed by atoms with Crippen LogP contribution in [0.15, 0.2) is 5.16 Å². The van der Waals surface area contributed by atoms with Crippen LogP contribution in [0.3, 0.4) is 0 Å². The molecular formula is CH5N3O4Se. The van der Waals surface area contributed by atoms with E-state index in [-0.39, 0.29) is 0 Å². The van der Waals surface area contributed by atoms with Crippen LogP contribution in [-0.2, 0) is 11.6 Å². The third-order valence-corrected chi connectivity index (χ3v) is 0.788. The predicted molar refractivity (Wildman–Crippen MR) is 26.2 cm³/mol. The summed E-state index contributed by atoms with van der Waals surface area (Å²) < 4.78 is 30.7. The molecule has 0 aromatic heterocycles. The summed E-state index contributed by atoms with van der Waals surface area (Å²) in [5.74, 6) is -0.572. The number of nitrogens with zero attached hydrogens (tertiary/aromatic N) is 1. The van der Waals surface area contributed by atoms with Gasteiger partial charge in [-0.05, 0) is 0 Å². The number of hydrogen-bond donors (Lipinski definition) is 3. The molecule has 0 rings (SSSR count).